The van der Waals surface area contributed by atoms with E-state index in [1.807, 2.05) is 6.92 Å². The smallest absolute Gasteiger partial charge is 0.368 e. The Kier molecular flexibility index (Phi) is 6.46. The molecule has 1 atom stereocenters. The Labute approximate surface area is 124 Å². The lowest BCUT2D eigenvalue weighted by Gasteiger charge is -2.29. The second-order valence-corrected chi connectivity index (χ2v) is 6.04. The predicted octanol–water partition coefficient (Wildman–Crippen LogP) is 2.04. The SMILES string of the molecule is CCCNC(C)(CCCN(CC(F)(F)F)C1CC1)C(N)=O. The lowest BCUT2D eigenvalue weighted by molar-refractivity contribution is -0.147. The number of halogens is 3. The minimum absolute atomic E-state index is 0.0510. The molecule has 124 valence electrons. The maximum absolute atomic E-state index is 12.5. The number of alkyl halides is 3. The van der Waals surface area contributed by atoms with E-state index in [-0.39, 0.29) is 6.04 Å². The molecule has 21 heavy (non-hydrogen) atoms. The summed E-state index contributed by atoms with van der Waals surface area (Å²) in [5.41, 5.74) is 4.56. The lowest BCUT2D eigenvalue weighted by atomic mass is 9.94. The molecule has 1 aliphatic rings. The number of carbonyl (C=O) groups excluding carboxylic acids is 1. The van der Waals surface area contributed by atoms with E-state index in [4.69, 9.17) is 5.73 Å². The molecular weight excluding hydrogens is 283 g/mol. The van der Waals surface area contributed by atoms with Crippen molar-refractivity contribution in [2.45, 2.75) is 63.7 Å². The topological polar surface area (TPSA) is 58.4 Å². The molecule has 0 aromatic heterocycles. The fourth-order valence-corrected chi connectivity index (χ4v) is 2.40. The van der Waals surface area contributed by atoms with Gasteiger partial charge in [0.05, 0.1) is 12.1 Å². The summed E-state index contributed by atoms with van der Waals surface area (Å²) < 4.78 is 37.6. The van der Waals surface area contributed by atoms with Crippen molar-refractivity contribution in [3.8, 4) is 0 Å². The maximum Gasteiger partial charge on any atom is 0.401 e. The van der Waals surface area contributed by atoms with Crippen LogP contribution in [-0.4, -0.2) is 48.2 Å². The summed E-state index contributed by atoms with van der Waals surface area (Å²) in [6.07, 6.45) is -0.679. The molecule has 1 rings (SSSR count). The molecule has 0 spiro atoms. The molecule has 1 aliphatic carbocycles. The number of hydrogen-bond donors (Lipinski definition) is 2. The molecule has 0 saturated heterocycles. The van der Waals surface area contributed by atoms with Crippen LogP contribution in [-0.2, 0) is 4.79 Å². The second-order valence-electron chi connectivity index (χ2n) is 6.04. The Balaban J connectivity index is 2.45. The average Bonchev–Trinajstić information content (AvgIpc) is 3.17. The van der Waals surface area contributed by atoms with Crippen LogP contribution < -0.4 is 11.1 Å². The summed E-state index contributed by atoms with van der Waals surface area (Å²) in [7, 11) is 0. The molecule has 1 fully saturated rings. The van der Waals surface area contributed by atoms with E-state index in [9.17, 15) is 18.0 Å². The zero-order chi connectivity index (χ0) is 16.1. The molecule has 0 radical (unpaired) electrons. The van der Waals surface area contributed by atoms with Crippen LogP contribution in [0.1, 0.15) is 46.0 Å². The quantitative estimate of drug-likeness (QED) is 0.649. The molecule has 0 aliphatic heterocycles. The van der Waals surface area contributed by atoms with Crippen LogP contribution in [0.5, 0.6) is 0 Å². The zero-order valence-corrected chi connectivity index (χ0v) is 12.8. The molecule has 3 N–H and O–H groups in total. The van der Waals surface area contributed by atoms with Crippen LogP contribution in [0.25, 0.3) is 0 Å². The Morgan fingerprint density at radius 1 is 1.38 bits per heavy atom. The van der Waals surface area contributed by atoms with Gasteiger partial charge >= 0.3 is 6.18 Å². The molecule has 1 unspecified atom stereocenters. The molecule has 1 amide bonds. The third kappa shape index (κ3) is 6.65. The Hall–Kier alpha value is -0.820. The van der Waals surface area contributed by atoms with Crippen LogP contribution >= 0.6 is 0 Å². The van der Waals surface area contributed by atoms with E-state index < -0.39 is 24.2 Å². The minimum Gasteiger partial charge on any atom is -0.368 e. The summed E-state index contributed by atoms with van der Waals surface area (Å²) in [6, 6.07) is 0.0510. The van der Waals surface area contributed by atoms with E-state index >= 15 is 0 Å². The third-order valence-corrected chi connectivity index (χ3v) is 3.88. The standard InChI is InChI=1S/C14H26F3N3O/c1-3-8-19-13(2,12(18)21)7-4-9-20(11-5-6-11)10-14(15,16)17/h11,19H,3-10H2,1-2H3,(H2,18,21). The van der Waals surface area contributed by atoms with Gasteiger partial charge in [-0.25, -0.2) is 0 Å². The number of amides is 1. The summed E-state index contributed by atoms with van der Waals surface area (Å²) in [4.78, 5) is 13.0. The van der Waals surface area contributed by atoms with Crippen molar-refractivity contribution in [2.24, 2.45) is 5.73 Å². The summed E-state index contributed by atoms with van der Waals surface area (Å²) >= 11 is 0. The summed E-state index contributed by atoms with van der Waals surface area (Å²) in [5, 5.41) is 3.10. The second kappa shape index (κ2) is 7.45. The highest BCUT2D eigenvalue weighted by molar-refractivity contribution is 5.84. The van der Waals surface area contributed by atoms with Gasteiger partial charge in [-0.3, -0.25) is 9.69 Å². The number of primary amides is 1. The number of hydrogen-bond acceptors (Lipinski definition) is 3. The Bertz CT molecular complexity index is 345. The fourth-order valence-electron chi connectivity index (χ4n) is 2.40. The van der Waals surface area contributed by atoms with Gasteiger partial charge in [0.25, 0.3) is 0 Å². The maximum atomic E-state index is 12.5. The monoisotopic (exact) mass is 309 g/mol. The highest BCUT2D eigenvalue weighted by atomic mass is 19.4. The molecule has 0 bridgehead atoms. The largest absolute Gasteiger partial charge is 0.401 e. The van der Waals surface area contributed by atoms with Crippen LogP contribution in [0.2, 0.25) is 0 Å². The van der Waals surface area contributed by atoms with Gasteiger partial charge in [-0.2, -0.15) is 13.2 Å². The van der Waals surface area contributed by atoms with Crippen LogP contribution in [0.15, 0.2) is 0 Å². The van der Waals surface area contributed by atoms with Crippen LogP contribution in [0.4, 0.5) is 13.2 Å². The molecule has 4 nitrogen and oxygen atoms in total. The van der Waals surface area contributed by atoms with Gasteiger partial charge in [-0.15, -0.1) is 0 Å². The normalized spacial score (nSPS) is 18.8. The minimum atomic E-state index is -4.17. The molecule has 0 aromatic rings. The fraction of sp³-hybridized carbons (Fsp3) is 0.929. The summed E-state index contributed by atoms with van der Waals surface area (Å²) in [5.74, 6) is -0.454. The first-order chi connectivity index (χ1) is 9.68. The van der Waals surface area contributed by atoms with E-state index in [2.05, 4.69) is 5.32 Å². The van der Waals surface area contributed by atoms with Crippen LogP contribution in [0, 0.1) is 0 Å². The van der Waals surface area contributed by atoms with E-state index in [0.29, 0.717) is 25.9 Å². The zero-order valence-electron chi connectivity index (χ0n) is 12.8. The van der Waals surface area contributed by atoms with E-state index in [1.165, 1.54) is 4.90 Å². The Morgan fingerprint density at radius 2 is 2.00 bits per heavy atom. The molecule has 1 saturated carbocycles. The molecule has 0 heterocycles. The lowest BCUT2D eigenvalue weighted by Crippen LogP contribution is -2.53. The van der Waals surface area contributed by atoms with Crippen molar-refractivity contribution >= 4 is 5.91 Å². The number of nitrogens with zero attached hydrogens (tertiary/aromatic N) is 1. The van der Waals surface area contributed by atoms with Gasteiger partial charge in [0.15, 0.2) is 0 Å². The van der Waals surface area contributed by atoms with Gasteiger partial charge in [-0.1, -0.05) is 6.92 Å². The van der Waals surface area contributed by atoms with Crippen molar-refractivity contribution in [2.75, 3.05) is 19.6 Å². The first-order valence-corrected chi connectivity index (χ1v) is 7.53. The number of rotatable bonds is 10. The molecular formula is C14H26F3N3O. The predicted molar refractivity (Wildman–Crippen MR) is 75.8 cm³/mol. The molecule has 0 aromatic carbocycles. The van der Waals surface area contributed by atoms with Crippen molar-refractivity contribution < 1.29 is 18.0 Å². The van der Waals surface area contributed by atoms with Gasteiger partial charge in [0.2, 0.25) is 5.91 Å². The van der Waals surface area contributed by atoms with Gasteiger partial charge < -0.3 is 11.1 Å². The molecule has 7 heteroatoms. The van der Waals surface area contributed by atoms with Crippen molar-refractivity contribution in [3.63, 3.8) is 0 Å². The van der Waals surface area contributed by atoms with E-state index in [1.54, 1.807) is 6.92 Å². The summed E-state index contributed by atoms with van der Waals surface area (Å²) in [6.45, 7) is 3.84. The third-order valence-electron chi connectivity index (χ3n) is 3.88. The van der Waals surface area contributed by atoms with Gasteiger partial charge in [0, 0.05) is 6.04 Å². The number of nitrogens with two attached hydrogens (primary N) is 1. The Morgan fingerprint density at radius 3 is 2.43 bits per heavy atom. The van der Waals surface area contributed by atoms with Crippen molar-refractivity contribution in [3.05, 3.63) is 0 Å². The highest BCUT2D eigenvalue weighted by Crippen LogP contribution is 2.30. The average molecular weight is 309 g/mol. The first-order valence-electron chi connectivity index (χ1n) is 7.53. The highest BCUT2D eigenvalue weighted by Gasteiger charge is 2.38. The van der Waals surface area contributed by atoms with Gasteiger partial charge in [-0.05, 0) is 52.1 Å². The van der Waals surface area contributed by atoms with Crippen LogP contribution in [0.3, 0.4) is 0 Å². The number of nitrogens with one attached hydrogen (secondary N) is 1. The number of carbonyl (C=O) groups is 1. The van der Waals surface area contributed by atoms with Gasteiger partial charge in [0.1, 0.15) is 0 Å². The van der Waals surface area contributed by atoms with E-state index in [0.717, 1.165) is 19.3 Å². The first kappa shape index (κ1) is 18.2. The van der Waals surface area contributed by atoms with Crippen molar-refractivity contribution in [1.29, 1.82) is 0 Å². The van der Waals surface area contributed by atoms with Crippen molar-refractivity contribution in [1.82, 2.24) is 10.2 Å².